The Labute approximate surface area is 112 Å². The molecule has 1 heterocycles. The number of piperidine rings is 1. The van der Waals surface area contributed by atoms with E-state index < -0.39 is 36.6 Å². The van der Waals surface area contributed by atoms with Crippen molar-refractivity contribution in [1.29, 1.82) is 0 Å². The van der Waals surface area contributed by atoms with Gasteiger partial charge in [0.05, 0.1) is 0 Å². The minimum Gasteiger partial charge on any atom is -0.444 e. The quantitative estimate of drug-likeness (QED) is 0.864. The highest BCUT2D eigenvalue weighted by atomic mass is 19.3. The number of ether oxygens (including phenoxy) is 1. The number of hydrogen-bond acceptors (Lipinski definition) is 3. The molecule has 1 aliphatic rings. The first-order valence-electron chi connectivity index (χ1n) is 6.62. The van der Waals surface area contributed by atoms with Gasteiger partial charge in [0, 0.05) is 32.0 Å². The van der Waals surface area contributed by atoms with Gasteiger partial charge in [-0.3, -0.25) is 0 Å². The minimum absolute atomic E-state index is 0.0120. The molecule has 0 saturated carbocycles. The van der Waals surface area contributed by atoms with Crippen LogP contribution in [-0.4, -0.2) is 47.3 Å². The molecule has 1 unspecified atom stereocenters. The van der Waals surface area contributed by atoms with E-state index in [4.69, 9.17) is 9.84 Å². The van der Waals surface area contributed by atoms with Gasteiger partial charge in [-0.15, -0.1) is 0 Å². The first-order chi connectivity index (χ1) is 8.65. The summed E-state index contributed by atoms with van der Waals surface area (Å²) in [7, 11) is 0. The maximum Gasteiger partial charge on any atom is 0.410 e. The average Bonchev–Trinajstić information content (AvgIpc) is 2.27. The standard InChI is InChI=1S/C13H23F2NO3/c1-12(2,3)19-11(18)16-7-4-5-10(9-16)13(14,15)6-8-17/h10,17H,4-9H2,1-3H3. The minimum atomic E-state index is -2.94. The molecule has 1 fully saturated rings. The molecule has 19 heavy (non-hydrogen) atoms. The highest BCUT2D eigenvalue weighted by molar-refractivity contribution is 5.68. The molecule has 1 atom stereocenters. The van der Waals surface area contributed by atoms with Gasteiger partial charge in [0.2, 0.25) is 0 Å². The number of carbonyl (C=O) groups is 1. The van der Waals surface area contributed by atoms with Crippen molar-refractivity contribution in [2.75, 3.05) is 19.7 Å². The number of aliphatic hydroxyl groups excluding tert-OH is 1. The van der Waals surface area contributed by atoms with Crippen LogP contribution in [0.2, 0.25) is 0 Å². The van der Waals surface area contributed by atoms with Crippen LogP contribution in [0.1, 0.15) is 40.0 Å². The molecule has 4 nitrogen and oxygen atoms in total. The summed E-state index contributed by atoms with van der Waals surface area (Å²) >= 11 is 0. The van der Waals surface area contributed by atoms with Crippen LogP contribution in [0.15, 0.2) is 0 Å². The van der Waals surface area contributed by atoms with Crippen LogP contribution in [0.5, 0.6) is 0 Å². The Balaban J connectivity index is 2.62. The molecule has 1 aliphatic heterocycles. The van der Waals surface area contributed by atoms with Crippen LogP contribution in [0.4, 0.5) is 13.6 Å². The van der Waals surface area contributed by atoms with Gasteiger partial charge in [0.25, 0.3) is 5.92 Å². The highest BCUT2D eigenvalue weighted by Crippen LogP contribution is 2.34. The molecule has 0 aromatic rings. The maximum absolute atomic E-state index is 13.7. The van der Waals surface area contributed by atoms with Crippen LogP contribution >= 0.6 is 0 Å². The predicted octanol–water partition coefficient (Wildman–Crippen LogP) is 2.65. The van der Waals surface area contributed by atoms with Crippen molar-refractivity contribution < 1.29 is 23.4 Å². The molecular formula is C13H23F2NO3. The lowest BCUT2D eigenvalue weighted by Gasteiger charge is -2.37. The number of amides is 1. The lowest BCUT2D eigenvalue weighted by atomic mass is 9.90. The second-order valence-electron chi connectivity index (χ2n) is 6.00. The van der Waals surface area contributed by atoms with Gasteiger partial charge in [-0.2, -0.15) is 0 Å². The summed E-state index contributed by atoms with van der Waals surface area (Å²) < 4.78 is 32.7. The third-order valence-electron chi connectivity index (χ3n) is 3.12. The highest BCUT2D eigenvalue weighted by Gasteiger charge is 2.42. The fraction of sp³-hybridized carbons (Fsp3) is 0.923. The molecule has 1 rings (SSSR count). The lowest BCUT2D eigenvalue weighted by Crippen LogP contribution is -2.47. The van der Waals surface area contributed by atoms with Crippen molar-refractivity contribution in [2.45, 2.75) is 51.6 Å². The smallest absolute Gasteiger partial charge is 0.410 e. The first-order valence-corrected chi connectivity index (χ1v) is 6.62. The van der Waals surface area contributed by atoms with Crippen molar-refractivity contribution in [3.05, 3.63) is 0 Å². The third kappa shape index (κ3) is 4.93. The van der Waals surface area contributed by atoms with E-state index in [9.17, 15) is 13.6 Å². The van der Waals surface area contributed by atoms with Crippen LogP contribution in [0.3, 0.4) is 0 Å². The Morgan fingerprint density at radius 2 is 2.05 bits per heavy atom. The topological polar surface area (TPSA) is 49.8 Å². The van der Waals surface area contributed by atoms with Gasteiger partial charge in [-0.25, -0.2) is 13.6 Å². The fourth-order valence-electron chi connectivity index (χ4n) is 2.17. The van der Waals surface area contributed by atoms with Crippen LogP contribution in [0.25, 0.3) is 0 Å². The Hall–Kier alpha value is -0.910. The van der Waals surface area contributed by atoms with E-state index >= 15 is 0 Å². The average molecular weight is 279 g/mol. The number of carbonyl (C=O) groups excluding carboxylic acids is 1. The molecule has 1 amide bonds. The Bertz CT molecular complexity index is 316. The molecular weight excluding hydrogens is 256 g/mol. The van der Waals surface area contributed by atoms with Gasteiger partial charge in [-0.05, 0) is 33.6 Å². The molecule has 0 aromatic heterocycles. The number of alkyl halides is 2. The molecule has 0 aromatic carbocycles. The van der Waals surface area contributed by atoms with E-state index in [0.29, 0.717) is 19.4 Å². The summed E-state index contributed by atoms with van der Waals surface area (Å²) in [6.07, 6.45) is -0.200. The predicted molar refractivity (Wildman–Crippen MR) is 67.2 cm³/mol. The number of hydrogen-bond donors (Lipinski definition) is 1. The summed E-state index contributed by atoms with van der Waals surface area (Å²) in [6.45, 7) is 5.12. The molecule has 1 saturated heterocycles. The number of aliphatic hydroxyl groups is 1. The summed E-state index contributed by atoms with van der Waals surface area (Å²) in [5.41, 5.74) is -0.627. The van der Waals surface area contributed by atoms with Crippen LogP contribution < -0.4 is 0 Å². The largest absolute Gasteiger partial charge is 0.444 e. The van der Waals surface area contributed by atoms with Gasteiger partial charge in [0.1, 0.15) is 5.60 Å². The van der Waals surface area contributed by atoms with Crippen molar-refractivity contribution in [3.8, 4) is 0 Å². The molecule has 6 heteroatoms. The van der Waals surface area contributed by atoms with Gasteiger partial charge >= 0.3 is 6.09 Å². The van der Waals surface area contributed by atoms with Crippen LogP contribution in [0, 0.1) is 5.92 Å². The number of nitrogens with zero attached hydrogens (tertiary/aromatic N) is 1. The number of rotatable bonds is 3. The van der Waals surface area contributed by atoms with Gasteiger partial charge in [-0.1, -0.05) is 0 Å². The van der Waals surface area contributed by atoms with Gasteiger partial charge in [0.15, 0.2) is 0 Å². The summed E-state index contributed by atoms with van der Waals surface area (Å²) in [5, 5.41) is 8.68. The SMILES string of the molecule is CC(C)(C)OC(=O)N1CCCC(C(F)(F)CCO)C1. The third-order valence-corrected chi connectivity index (χ3v) is 3.12. The monoisotopic (exact) mass is 279 g/mol. The summed E-state index contributed by atoms with van der Waals surface area (Å²) in [5.74, 6) is -3.84. The second kappa shape index (κ2) is 6.03. The Kier molecular flexibility index (Phi) is 5.12. The van der Waals surface area contributed by atoms with E-state index in [0.717, 1.165) is 0 Å². The zero-order chi connectivity index (χ0) is 14.7. The molecule has 0 radical (unpaired) electrons. The normalized spacial score (nSPS) is 21.4. The fourth-order valence-corrected chi connectivity index (χ4v) is 2.17. The van der Waals surface area contributed by atoms with Crippen molar-refractivity contribution >= 4 is 6.09 Å². The van der Waals surface area contributed by atoms with E-state index in [1.54, 1.807) is 20.8 Å². The molecule has 0 aliphatic carbocycles. The van der Waals surface area contributed by atoms with Crippen LogP contribution in [-0.2, 0) is 4.74 Å². The molecule has 1 N–H and O–H groups in total. The zero-order valence-electron chi connectivity index (χ0n) is 11.8. The van der Waals surface area contributed by atoms with E-state index in [-0.39, 0.29) is 6.54 Å². The zero-order valence-corrected chi connectivity index (χ0v) is 11.8. The Morgan fingerprint density at radius 3 is 2.58 bits per heavy atom. The maximum atomic E-state index is 13.7. The van der Waals surface area contributed by atoms with Crippen molar-refractivity contribution in [3.63, 3.8) is 0 Å². The van der Waals surface area contributed by atoms with E-state index in [1.165, 1.54) is 4.90 Å². The second-order valence-corrected chi connectivity index (χ2v) is 6.00. The number of likely N-dealkylation sites (tertiary alicyclic amines) is 1. The summed E-state index contributed by atoms with van der Waals surface area (Å²) in [4.78, 5) is 13.2. The van der Waals surface area contributed by atoms with Crippen molar-refractivity contribution in [1.82, 2.24) is 4.90 Å². The molecule has 112 valence electrons. The summed E-state index contributed by atoms with van der Waals surface area (Å²) in [6, 6.07) is 0. The molecule has 0 bridgehead atoms. The molecule has 0 spiro atoms. The van der Waals surface area contributed by atoms with Gasteiger partial charge < -0.3 is 14.7 Å². The van der Waals surface area contributed by atoms with E-state index in [1.807, 2.05) is 0 Å². The first kappa shape index (κ1) is 16.1. The lowest BCUT2D eigenvalue weighted by molar-refractivity contribution is -0.0954. The number of halogens is 2. The van der Waals surface area contributed by atoms with Crippen molar-refractivity contribution in [2.24, 2.45) is 5.92 Å². The van der Waals surface area contributed by atoms with E-state index in [2.05, 4.69) is 0 Å². The Morgan fingerprint density at radius 1 is 1.42 bits per heavy atom.